The lowest BCUT2D eigenvalue weighted by Gasteiger charge is -2.32. The summed E-state index contributed by atoms with van der Waals surface area (Å²) in [4.78, 5) is 17.0. The highest BCUT2D eigenvalue weighted by molar-refractivity contribution is 6.35. The van der Waals surface area contributed by atoms with Crippen LogP contribution in [0.15, 0.2) is 36.7 Å². The molecule has 2 aromatic heterocycles. The molecule has 0 spiro atoms. The first-order chi connectivity index (χ1) is 13.3. The third-order valence-corrected chi connectivity index (χ3v) is 5.12. The normalized spacial score (nSPS) is 16.0. The molecule has 9 heteroatoms. The molecular formula is C19H17ClF3N5. The zero-order valence-electron chi connectivity index (χ0n) is 15.0. The summed E-state index contributed by atoms with van der Waals surface area (Å²) in [5.74, 6) is 0.673. The first kappa shape index (κ1) is 18.9. The molecule has 0 bridgehead atoms. The monoisotopic (exact) mass is 407 g/mol. The smallest absolute Gasteiger partial charge is 0.338 e. The van der Waals surface area contributed by atoms with E-state index in [1.165, 1.54) is 6.07 Å². The lowest BCUT2D eigenvalue weighted by atomic mass is 10.1. The van der Waals surface area contributed by atoms with Gasteiger partial charge in [0, 0.05) is 49.5 Å². The van der Waals surface area contributed by atoms with Crippen LogP contribution in [0, 0.1) is 0 Å². The first-order valence-electron chi connectivity index (χ1n) is 8.75. The maximum absolute atomic E-state index is 12.9. The highest BCUT2D eigenvalue weighted by Crippen LogP contribution is 2.34. The minimum atomic E-state index is -4.54. The number of aromatic nitrogens is 3. The average Bonchev–Trinajstić information content (AvgIpc) is 2.68. The van der Waals surface area contributed by atoms with Crippen LogP contribution in [0.1, 0.15) is 5.69 Å². The molecule has 3 heterocycles. The lowest BCUT2D eigenvalue weighted by molar-refractivity contribution is -0.140. The van der Waals surface area contributed by atoms with Gasteiger partial charge in [0.15, 0.2) is 0 Å². The molecule has 0 atom stereocenters. The second kappa shape index (κ2) is 7.18. The van der Waals surface area contributed by atoms with E-state index in [9.17, 15) is 13.2 Å². The average molecular weight is 408 g/mol. The fourth-order valence-electron chi connectivity index (χ4n) is 3.15. The third-order valence-electron chi connectivity index (χ3n) is 4.81. The Labute approximate surface area is 164 Å². The molecule has 0 amide bonds. The minimum absolute atomic E-state index is 0.00847. The Morgan fingerprint density at radius 2 is 1.64 bits per heavy atom. The van der Waals surface area contributed by atoms with Crippen LogP contribution in [0.25, 0.3) is 22.0 Å². The number of piperazine rings is 1. The Balaban J connectivity index is 1.63. The van der Waals surface area contributed by atoms with Crippen LogP contribution < -0.4 is 4.90 Å². The zero-order chi connectivity index (χ0) is 19.9. The molecule has 1 saturated heterocycles. The van der Waals surface area contributed by atoms with Crippen molar-refractivity contribution >= 4 is 28.5 Å². The second-order valence-corrected chi connectivity index (χ2v) is 7.19. The molecule has 4 rings (SSSR count). The van der Waals surface area contributed by atoms with Crippen molar-refractivity contribution in [2.45, 2.75) is 6.18 Å². The Morgan fingerprint density at radius 1 is 0.964 bits per heavy atom. The molecule has 28 heavy (non-hydrogen) atoms. The van der Waals surface area contributed by atoms with E-state index in [0.717, 1.165) is 43.4 Å². The molecule has 1 aliphatic heterocycles. The summed E-state index contributed by atoms with van der Waals surface area (Å²) >= 11 is 6.08. The lowest BCUT2D eigenvalue weighted by Crippen LogP contribution is -2.45. The van der Waals surface area contributed by atoms with Crippen molar-refractivity contribution in [3.8, 4) is 11.1 Å². The maximum Gasteiger partial charge on any atom is 0.433 e. The van der Waals surface area contributed by atoms with Gasteiger partial charge in [0.25, 0.3) is 0 Å². The summed E-state index contributed by atoms with van der Waals surface area (Å²) in [7, 11) is 2.08. The van der Waals surface area contributed by atoms with Gasteiger partial charge in [-0.25, -0.2) is 15.0 Å². The number of alkyl halides is 3. The summed E-state index contributed by atoms with van der Waals surface area (Å²) in [5, 5.41) is 0.462. The quantitative estimate of drug-likeness (QED) is 0.639. The summed E-state index contributed by atoms with van der Waals surface area (Å²) < 4.78 is 38.7. The van der Waals surface area contributed by atoms with Crippen molar-refractivity contribution in [3.05, 3.63) is 47.4 Å². The Morgan fingerprint density at radius 3 is 2.29 bits per heavy atom. The summed E-state index contributed by atoms with van der Waals surface area (Å²) in [6.45, 7) is 3.66. The van der Waals surface area contributed by atoms with E-state index < -0.39 is 11.9 Å². The number of halogens is 4. The van der Waals surface area contributed by atoms with Gasteiger partial charge in [-0.15, -0.1) is 0 Å². The number of rotatable bonds is 2. The van der Waals surface area contributed by atoms with Gasteiger partial charge < -0.3 is 9.80 Å². The second-order valence-electron chi connectivity index (χ2n) is 6.78. The summed E-state index contributed by atoms with van der Waals surface area (Å²) in [6.07, 6.45) is -1.11. The van der Waals surface area contributed by atoms with Crippen LogP contribution in [-0.2, 0) is 6.18 Å². The molecule has 0 N–H and O–H groups in total. The molecular weight excluding hydrogens is 391 g/mol. The first-order valence-corrected chi connectivity index (χ1v) is 9.12. The van der Waals surface area contributed by atoms with Crippen LogP contribution in [0.3, 0.4) is 0 Å². The number of nitrogens with zero attached hydrogens (tertiary/aromatic N) is 5. The van der Waals surface area contributed by atoms with Gasteiger partial charge in [0.1, 0.15) is 5.69 Å². The van der Waals surface area contributed by atoms with Crippen molar-refractivity contribution in [2.75, 3.05) is 38.1 Å². The van der Waals surface area contributed by atoms with Gasteiger partial charge in [0.05, 0.1) is 10.5 Å². The topological polar surface area (TPSA) is 45.2 Å². The molecule has 0 aliphatic carbocycles. The number of pyridine rings is 1. The molecule has 0 saturated carbocycles. The summed E-state index contributed by atoms with van der Waals surface area (Å²) in [6, 6.07) is 5.78. The number of hydrogen-bond acceptors (Lipinski definition) is 5. The predicted octanol–water partition coefficient (Wildman–Crippen LogP) is 4.12. The molecule has 146 valence electrons. The largest absolute Gasteiger partial charge is 0.433 e. The molecule has 5 nitrogen and oxygen atoms in total. The van der Waals surface area contributed by atoms with E-state index in [2.05, 4.69) is 31.8 Å². The van der Waals surface area contributed by atoms with Gasteiger partial charge in [-0.3, -0.25) is 0 Å². The number of hydrogen-bond donors (Lipinski definition) is 0. The number of fused-ring (bicyclic) bond motifs is 1. The van der Waals surface area contributed by atoms with Crippen molar-refractivity contribution in [2.24, 2.45) is 0 Å². The maximum atomic E-state index is 12.9. The van der Waals surface area contributed by atoms with E-state index in [-0.39, 0.29) is 10.5 Å². The van der Waals surface area contributed by atoms with E-state index in [0.29, 0.717) is 11.3 Å². The van der Waals surface area contributed by atoms with E-state index in [4.69, 9.17) is 11.6 Å². The van der Waals surface area contributed by atoms with Crippen LogP contribution in [-0.4, -0.2) is 53.1 Å². The van der Waals surface area contributed by atoms with Crippen LogP contribution >= 0.6 is 11.6 Å². The zero-order valence-corrected chi connectivity index (χ0v) is 15.8. The van der Waals surface area contributed by atoms with Crippen molar-refractivity contribution in [1.29, 1.82) is 0 Å². The molecule has 0 radical (unpaired) electrons. The van der Waals surface area contributed by atoms with Gasteiger partial charge in [-0.05, 0) is 30.8 Å². The van der Waals surface area contributed by atoms with Gasteiger partial charge in [0.2, 0.25) is 5.95 Å². The van der Waals surface area contributed by atoms with Gasteiger partial charge >= 0.3 is 6.18 Å². The highest BCUT2D eigenvalue weighted by atomic mass is 35.5. The van der Waals surface area contributed by atoms with Crippen molar-refractivity contribution in [1.82, 2.24) is 19.9 Å². The molecule has 0 unspecified atom stereocenters. The van der Waals surface area contributed by atoms with Gasteiger partial charge in [-0.1, -0.05) is 17.7 Å². The molecule has 3 aromatic rings. The number of likely N-dealkylation sites (N-methyl/N-ethyl adjacent to an activating group) is 1. The third kappa shape index (κ3) is 3.74. The molecule has 1 fully saturated rings. The predicted molar refractivity (Wildman–Crippen MR) is 102 cm³/mol. The SMILES string of the molecule is CN1CCN(c2ncc(-c3ccc4nc(C(F)(F)F)cc(Cl)c4c3)cn2)CC1. The van der Waals surface area contributed by atoms with E-state index in [1.54, 1.807) is 24.5 Å². The highest BCUT2D eigenvalue weighted by Gasteiger charge is 2.33. The number of anilines is 1. The van der Waals surface area contributed by atoms with Gasteiger partial charge in [-0.2, -0.15) is 13.2 Å². The fourth-order valence-corrected chi connectivity index (χ4v) is 3.40. The standard InChI is InChI=1S/C19H17ClF3N5/c1-27-4-6-28(7-5-27)18-24-10-13(11-25-18)12-2-3-16-14(8-12)15(20)9-17(26-16)19(21,22)23/h2-3,8-11H,4-7H2,1H3. The number of benzene rings is 1. The summed E-state index contributed by atoms with van der Waals surface area (Å²) in [5.41, 5.74) is 0.716. The van der Waals surface area contributed by atoms with Crippen molar-refractivity contribution < 1.29 is 13.2 Å². The van der Waals surface area contributed by atoms with Crippen LogP contribution in [0.2, 0.25) is 5.02 Å². The van der Waals surface area contributed by atoms with Crippen LogP contribution in [0.4, 0.5) is 19.1 Å². The minimum Gasteiger partial charge on any atom is -0.338 e. The molecule has 1 aromatic carbocycles. The Bertz CT molecular complexity index is 999. The van der Waals surface area contributed by atoms with Crippen molar-refractivity contribution in [3.63, 3.8) is 0 Å². The molecule has 1 aliphatic rings. The Hall–Kier alpha value is -2.45. The fraction of sp³-hybridized carbons (Fsp3) is 0.316. The van der Waals surface area contributed by atoms with E-state index >= 15 is 0 Å². The van der Waals surface area contributed by atoms with Crippen LogP contribution in [0.5, 0.6) is 0 Å². The van der Waals surface area contributed by atoms with E-state index in [1.807, 2.05) is 0 Å². The Kier molecular flexibility index (Phi) is 4.84.